The standard InChI is InChI=1S/C13H11ClN2OS2/c14-9-1-3-11(4-2-9)19-8-10-7-12(17)16-5-6-18-13(16)15-10/h1-4,7H,5-6,8H2. The Balaban J connectivity index is 1.75. The summed E-state index contributed by atoms with van der Waals surface area (Å²) in [5, 5.41) is 1.58. The molecule has 2 heterocycles. The van der Waals surface area contributed by atoms with Crippen LogP contribution in [0, 0.1) is 0 Å². The SMILES string of the molecule is O=c1cc(CSc2ccc(Cl)cc2)nc2n1CCS2. The molecule has 0 N–H and O–H groups in total. The third-order valence-electron chi connectivity index (χ3n) is 2.77. The maximum absolute atomic E-state index is 11.9. The van der Waals surface area contributed by atoms with E-state index in [1.807, 2.05) is 24.3 Å². The summed E-state index contributed by atoms with van der Waals surface area (Å²) in [6.07, 6.45) is 0. The predicted molar refractivity (Wildman–Crippen MR) is 80.2 cm³/mol. The molecule has 3 rings (SSSR count). The van der Waals surface area contributed by atoms with Gasteiger partial charge < -0.3 is 0 Å². The monoisotopic (exact) mass is 310 g/mol. The Morgan fingerprint density at radius 1 is 1.37 bits per heavy atom. The van der Waals surface area contributed by atoms with Crippen molar-refractivity contribution < 1.29 is 0 Å². The van der Waals surface area contributed by atoms with Crippen molar-refractivity contribution in [3.8, 4) is 0 Å². The molecule has 0 bridgehead atoms. The third-order valence-corrected chi connectivity index (χ3v) is 5.03. The van der Waals surface area contributed by atoms with E-state index in [4.69, 9.17) is 11.6 Å². The summed E-state index contributed by atoms with van der Waals surface area (Å²) >= 11 is 9.15. The molecule has 1 aromatic heterocycles. The van der Waals surface area contributed by atoms with Gasteiger partial charge in [0.2, 0.25) is 0 Å². The van der Waals surface area contributed by atoms with Crippen LogP contribution in [0.15, 0.2) is 45.2 Å². The number of benzene rings is 1. The number of rotatable bonds is 3. The quantitative estimate of drug-likeness (QED) is 0.643. The Kier molecular flexibility index (Phi) is 3.86. The number of hydrogen-bond acceptors (Lipinski definition) is 4. The Hall–Kier alpha value is -0.910. The molecule has 0 atom stereocenters. The van der Waals surface area contributed by atoms with Gasteiger partial charge in [-0.15, -0.1) is 11.8 Å². The van der Waals surface area contributed by atoms with E-state index in [1.165, 1.54) is 0 Å². The lowest BCUT2D eigenvalue weighted by Gasteiger charge is -2.05. The minimum Gasteiger partial charge on any atom is -0.287 e. The van der Waals surface area contributed by atoms with Crippen LogP contribution in [0.5, 0.6) is 0 Å². The summed E-state index contributed by atoms with van der Waals surface area (Å²) in [6, 6.07) is 9.32. The highest BCUT2D eigenvalue weighted by Crippen LogP contribution is 2.25. The fraction of sp³-hybridized carbons (Fsp3) is 0.231. The lowest BCUT2D eigenvalue weighted by Crippen LogP contribution is -2.20. The molecule has 3 nitrogen and oxygen atoms in total. The smallest absolute Gasteiger partial charge is 0.254 e. The average Bonchev–Trinajstić information content (AvgIpc) is 2.87. The first-order valence-corrected chi connectivity index (χ1v) is 8.19. The predicted octanol–water partition coefficient (Wildman–Crippen LogP) is 3.29. The van der Waals surface area contributed by atoms with Crippen molar-refractivity contribution in [2.45, 2.75) is 22.3 Å². The first-order chi connectivity index (χ1) is 9.22. The zero-order valence-corrected chi connectivity index (χ0v) is 12.4. The van der Waals surface area contributed by atoms with Gasteiger partial charge in [0.15, 0.2) is 5.16 Å². The van der Waals surface area contributed by atoms with Gasteiger partial charge in [-0.2, -0.15) is 0 Å². The summed E-state index contributed by atoms with van der Waals surface area (Å²) in [5.41, 5.74) is 0.896. The van der Waals surface area contributed by atoms with Crippen LogP contribution in [0.3, 0.4) is 0 Å². The molecule has 6 heteroatoms. The second kappa shape index (κ2) is 5.61. The van der Waals surface area contributed by atoms with Gasteiger partial charge in [0.05, 0.1) is 5.69 Å². The zero-order chi connectivity index (χ0) is 13.2. The van der Waals surface area contributed by atoms with Crippen LogP contribution in [0.1, 0.15) is 5.69 Å². The van der Waals surface area contributed by atoms with E-state index in [0.29, 0.717) is 5.75 Å². The molecule has 0 radical (unpaired) electrons. The van der Waals surface area contributed by atoms with E-state index in [9.17, 15) is 4.79 Å². The van der Waals surface area contributed by atoms with Crippen LogP contribution in [-0.4, -0.2) is 15.3 Å². The van der Waals surface area contributed by atoms with Crippen LogP contribution >= 0.6 is 35.1 Å². The van der Waals surface area contributed by atoms with Gasteiger partial charge >= 0.3 is 0 Å². The van der Waals surface area contributed by atoms with Gasteiger partial charge in [0.25, 0.3) is 5.56 Å². The molecule has 1 aliphatic heterocycles. The number of aromatic nitrogens is 2. The average molecular weight is 311 g/mol. The lowest BCUT2D eigenvalue weighted by atomic mass is 10.4. The Morgan fingerprint density at radius 3 is 2.95 bits per heavy atom. The van der Waals surface area contributed by atoms with Crippen LogP contribution in [0.25, 0.3) is 0 Å². The zero-order valence-electron chi connectivity index (χ0n) is 10.0. The summed E-state index contributed by atoms with van der Waals surface area (Å²) in [7, 11) is 0. The minimum absolute atomic E-state index is 0.0571. The Labute approximate surface area is 124 Å². The molecule has 0 saturated heterocycles. The van der Waals surface area contributed by atoms with Crippen LogP contribution in [-0.2, 0) is 12.3 Å². The summed E-state index contributed by atoms with van der Waals surface area (Å²) in [6.45, 7) is 0.774. The summed E-state index contributed by atoms with van der Waals surface area (Å²) in [5.74, 6) is 1.64. The molecular formula is C13H11ClN2OS2. The van der Waals surface area contributed by atoms with Crippen LogP contribution < -0.4 is 5.56 Å². The number of nitrogens with zero attached hydrogens (tertiary/aromatic N) is 2. The van der Waals surface area contributed by atoms with Gasteiger partial charge in [-0.1, -0.05) is 23.4 Å². The van der Waals surface area contributed by atoms with E-state index in [-0.39, 0.29) is 5.56 Å². The van der Waals surface area contributed by atoms with Crippen molar-refractivity contribution in [3.63, 3.8) is 0 Å². The van der Waals surface area contributed by atoms with Gasteiger partial charge in [0, 0.05) is 34.0 Å². The van der Waals surface area contributed by atoms with Crippen molar-refractivity contribution in [3.05, 3.63) is 51.4 Å². The van der Waals surface area contributed by atoms with E-state index in [0.717, 1.165) is 33.1 Å². The lowest BCUT2D eigenvalue weighted by molar-refractivity contribution is 0.648. The summed E-state index contributed by atoms with van der Waals surface area (Å²) in [4.78, 5) is 17.5. The molecule has 1 aliphatic rings. The van der Waals surface area contributed by atoms with E-state index >= 15 is 0 Å². The van der Waals surface area contributed by atoms with Crippen molar-refractivity contribution in [1.29, 1.82) is 0 Å². The van der Waals surface area contributed by atoms with Gasteiger partial charge in [-0.3, -0.25) is 9.36 Å². The minimum atomic E-state index is 0.0571. The van der Waals surface area contributed by atoms with Crippen molar-refractivity contribution in [2.24, 2.45) is 0 Å². The molecule has 0 unspecified atom stereocenters. The largest absolute Gasteiger partial charge is 0.287 e. The topological polar surface area (TPSA) is 34.9 Å². The van der Waals surface area contributed by atoms with E-state index < -0.39 is 0 Å². The third kappa shape index (κ3) is 2.99. The van der Waals surface area contributed by atoms with Gasteiger partial charge in [-0.25, -0.2) is 4.98 Å². The highest BCUT2D eigenvalue weighted by molar-refractivity contribution is 7.99. The number of halogens is 1. The number of fused-ring (bicyclic) bond motifs is 1. The first-order valence-electron chi connectivity index (χ1n) is 5.84. The summed E-state index contributed by atoms with van der Waals surface area (Å²) < 4.78 is 1.74. The van der Waals surface area contributed by atoms with E-state index in [1.54, 1.807) is 34.2 Å². The molecule has 0 aliphatic carbocycles. The maximum Gasteiger partial charge on any atom is 0.254 e. The molecule has 2 aromatic rings. The molecule has 0 spiro atoms. The molecule has 0 saturated carbocycles. The van der Waals surface area contributed by atoms with Crippen molar-refractivity contribution in [2.75, 3.05) is 5.75 Å². The molecular weight excluding hydrogens is 300 g/mol. The first kappa shape index (κ1) is 13.1. The normalized spacial score (nSPS) is 13.5. The van der Waals surface area contributed by atoms with Crippen molar-refractivity contribution >= 4 is 35.1 Å². The second-order valence-corrected chi connectivity index (χ2v) is 6.66. The van der Waals surface area contributed by atoms with Gasteiger partial charge in [-0.05, 0) is 24.3 Å². The highest BCUT2D eigenvalue weighted by Gasteiger charge is 2.14. The van der Waals surface area contributed by atoms with Crippen molar-refractivity contribution in [1.82, 2.24) is 9.55 Å². The van der Waals surface area contributed by atoms with Crippen LogP contribution in [0.4, 0.5) is 0 Å². The highest BCUT2D eigenvalue weighted by atomic mass is 35.5. The fourth-order valence-corrected chi connectivity index (χ4v) is 3.73. The fourth-order valence-electron chi connectivity index (χ4n) is 1.84. The van der Waals surface area contributed by atoms with E-state index in [2.05, 4.69) is 4.98 Å². The molecule has 19 heavy (non-hydrogen) atoms. The molecule has 0 fully saturated rings. The number of hydrogen-bond donors (Lipinski definition) is 0. The second-order valence-electron chi connectivity index (χ2n) is 4.11. The van der Waals surface area contributed by atoms with Crippen LogP contribution in [0.2, 0.25) is 5.02 Å². The van der Waals surface area contributed by atoms with Gasteiger partial charge in [0.1, 0.15) is 0 Å². The maximum atomic E-state index is 11.9. The molecule has 1 aromatic carbocycles. The number of thioether (sulfide) groups is 2. The Bertz CT molecular complexity index is 655. The molecule has 0 amide bonds. The Morgan fingerprint density at radius 2 is 2.16 bits per heavy atom. The molecule has 98 valence electrons.